The van der Waals surface area contributed by atoms with E-state index >= 15 is 0 Å². The molecule has 0 saturated carbocycles. The number of ether oxygens (including phenoxy) is 2. The summed E-state index contributed by atoms with van der Waals surface area (Å²) in [7, 11) is 1.48. The molecule has 0 heterocycles. The summed E-state index contributed by atoms with van der Waals surface area (Å²) in [5.74, 6) is -0.982. The molecule has 0 aromatic rings. The molecule has 0 aliphatic heterocycles. The van der Waals surface area contributed by atoms with Crippen LogP contribution in [0.15, 0.2) is 0 Å². The summed E-state index contributed by atoms with van der Waals surface area (Å²) in [5.41, 5.74) is 0. The molecule has 0 radical (unpaired) electrons. The molecule has 0 aliphatic carbocycles. The predicted octanol–water partition coefficient (Wildman–Crippen LogP) is 9.29. The minimum atomic E-state index is -4.32. The number of hydrogen-bond donors (Lipinski definition) is 1. The Morgan fingerprint density at radius 1 is 0.644 bits per heavy atom. The molecule has 0 aromatic carbocycles. The number of esters is 2. The van der Waals surface area contributed by atoms with Crippen molar-refractivity contribution in [3.05, 3.63) is 0 Å². The number of phosphoric acid groups is 1. The highest BCUT2D eigenvalue weighted by molar-refractivity contribution is 7.47. The van der Waals surface area contributed by atoms with E-state index in [-0.39, 0.29) is 19.2 Å². The van der Waals surface area contributed by atoms with Gasteiger partial charge in [0.05, 0.1) is 27.7 Å². The van der Waals surface area contributed by atoms with Gasteiger partial charge in [-0.05, 0) is 6.42 Å². The van der Waals surface area contributed by atoms with Gasteiger partial charge in [0.15, 0.2) is 6.10 Å². The smallest absolute Gasteiger partial charge is 0.462 e. The zero-order valence-electron chi connectivity index (χ0n) is 29.9. The van der Waals surface area contributed by atoms with Crippen molar-refractivity contribution in [2.75, 3.05) is 47.5 Å². The first kappa shape index (κ1) is 44.0. The molecule has 9 nitrogen and oxygen atoms in total. The Hall–Kier alpha value is -0.990. The van der Waals surface area contributed by atoms with Crippen LogP contribution in [0.25, 0.3) is 0 Å². The minimum absolute atomic E-state index is 0.0318. The summed E-state index contributed by atoms with van der Waals surface area (Å²) in [5, 5.41) is 0. The number of nitrogens with zero attached hydrogens (tertiary/aromatic N) is 1. The first-order chi connectivity index (χ1) is 21.4. The fourth-order valence-electron chi connectivity index (χ4n) is 5.13. The van der Waals surface area contributed by atoms with Crippen molar-refractivity contribution in [2.45, 2.75) is 168 Å². The fraction of sp³-hybridized carbons (Fsp3) is 0.943. The van der Waals surface area contributed by atoms with Crippen LogP contribution in [0.2, 0.25) is 0 Å². The van der Waals surface area contributed by atoms with E-state index in [1.54, 1.807) is 0 Å². The number of hydrogen-bond acceptors (Lipinski definition) is 7. The van der Waals surface area contributed by atoms with Gasteiger partial charge in [0.2, 0.25) is 0 Å². The molecule has 0 bridgehead atoms. The van der Waals surface area contributed by atoms with E-state index in [0.717, 1.165) is 19.3 Å². The Morgan fingerprint density at radius 3 is 1.42 bits per heavy atom. The highest BCUT2D eigenvalue weighted by Crippen LogP contribution is 2.43. The van der Waals surface area contributed by atoms with Crippen LogP contribution in [0.3, 0.4) is 0 Å². The summed E-state index contributed by atoms with van der Waals surface area (Å²) in [4.78, 5) is 33.4. The van der Waals surface area contributed by atoms with Gasteiger partial charge in [0, 0.05) is 13.3 Å². The van der Waals surface area contributed by atoms with Crippen molar-refractivity contribution in [3.8, 4) is 0 Å². The van der Waals surface area contributed by atoms with Crippen LogP contribution in [-0.4, -0.2) is 74.9 Å². The lowest BCUT2D eigenvalue weighted by atomic mass is 10.0. The Bertz CT molecular complexity index is 758. The first-order valence-corrected chi connectivity index (χ1v) is 19.7. The zero-order chi connectivity index (χ0) is 33.7. The number of carbonyl (C=O) groups excluding carboxylic acids is 2. The van der Waals surface area contributed by atoms with Gasteiger partial charge in [-0.15, -0.1) is 0 Å². The van der Waals surface area contributed by atoms with E-state index in [4.69, 9.17) is 18.5 Å². The molecule has 0 aliphatic rings. The van der Waals surface area contributed by atoms with Gasteiger partial charge in [-0.25, -0.2) is 4.57 Å². The average Bonchev–Trinajstić information content (AvgIpc) is 2.96. The van der Waals surface area contributed by atoms with Crippen LogP contribution < -0.4 is 0 Å². The molecule has 2 atom stereocenters. The Morgan fingerprint density at radius 2 is 1.04 bits per heavy atom. The number of rotatable bonds is 33. The Kier molecular flexibility index (Phi) is 28.5. The molecule has 1 N–H and O–H groups in total. The standard InChI is InChI=1S/C35H70NO8P/c1-6-7-8-9-10-11-12-13-14-15-16-17-18-19-20-21-22-23-24-25-26-27-28-35(38)41-31-34(44-33(2)37)32-43-45(39,40)42-30-29-36(3,4)5/h34H,6-32H2,1-5H3/p+1/t34-/m1/s1. The van der Waals surface area contributed by atoms with Gasteiger partial charge in [0.25, 0.3) is 0 Å². The third-order valence-corrected chi connectivity index (χ3v) is 8.92. The molecule has 45 heavy (non-hydrogen) atoms. The average molecular weight is 665 g/mol. The Labute approximate surface area is 276 Å². The van der Waals surface area contributed by atoms with Gasteiger partial charge < -0.3 is 18.9 Å². The molecule has 1 unspecified atom stereocenters. The van der Waals surface area contributed by atoms with E-state index in [1.807, 2.05) is 21.1 Å². The van der Waals surface area contributed by atoms with E-state index in [1.165, 1.54) is 129 Å². The summed E-state index contributed by atoms with van der Waals surface area (Å²) in [6.45, 7) is 3.39. The lowest BCUT2D eigenvalue weighted by Crippen LogP contribution is -2.37. The zero-order valence-corrected chi connectivity index (χ0v) is 30.8. The van der Waals surface area contributed by atoms with Crippen molar-refractivity contribution < 1.29 is 42.1 Å². The molecule has 0 rings (SSSR count). The van der Waals surface area contributed by atoms with Crippen molar-refractivity contribution >= 4 is 19.8 Å². The first-order valence-electron chi connectivity index (χ1n) is 18.2. The monoisotopic (exact) mass is 664 g/mol. The molecular formula is C35H71NO8P+. The van der Waals surface area contributed by atoms with E-state index in [2.05, 4.69) is 6.92 Å². The second-order valence-corrected chi connectivity index (χ2v) is 15.2. The molecule has 0 amide bonds. The number of likely N-dealkylation sites (N-methyl/N-ethyl adjacent to an activating group) is 1. The molecule has 268 valence electrons. The summed E-state index contributed by atoms with van der Waals surface area (Å²) >= 11 is 0. The van der Waals surface area contributed by atoms with E-state index in [0.29, 0.717) is 17.4 Å². The van der Waals surface area contributed by atoms with Crippen LogP contribution in [0, 0.1) is 0 Å². The highest BCUT2D eigenvalue weighted by atomic mass is 31.2. The van der Waals surface area contributed by atoms with Gasteiger partial charge in [-0.1, -0.05) is 142 Å². The topological polar surface area (TPSA) is 108 Å². The summed E-state index contributed by atoms with van der Waals surface area (Å²) in [6.07, 6.45) is 28.3. The highest BCUT2D eigenvalue weighted by Gasteiger charge is 2.26. The van der Waals surface area contributed by atoms with Crippen molar-refractivity contribution in [1.82, 2.24) is 0 Å². The minimum Gasteiger partial charge on any atom is -0.462 e. The molecule has 0 fully saturated rings. The molecule has 0 aromatic heterocycles. The van der Waals surface area contributed by atoms with Gasteiger partial charge >= 0.3 is 19.8 Å². The second-order valence-electron chi connectivity index (χ2n) is 13.7. The maximum atomic E-state index is 12.1. The molecule has 0 spiro atoms. The second kappa shape index (κ2) is 29.2. The molecular weight excluding hydrogens is 593 g/mol. The maximum Gasteiger partial charge on any atom is 0.472 e. The normalized spacial score (nSPS) is 13.8. The third kappa shape index (κ3) is 34.2. The molecule has 0 saturated heterocycles. The van der Waals surface area contributed by atoms with Crippen LogP contribution >= 0.6 is 7.82 Å². The van der Waals surface area contributed by atoms with Gasteiger partial charge in [-0.2, -0.15) is 0 Å². The number of quaternary nitrogens is 1. The lowest BCUT2D eigenvalue weighted by Gasteiger charge is -2.24. The number of carbonyl (C=O) groups is 2. The predicted molar refractivity (Wildman–Crippen MR) is 183 cm³/mol. The lowest BCUT2D eigenvalue weighted by molar-refractivity contribution is -0.870. The van der Waals surface area contributed by atoms with E-state index < -0.39 is 26.5 Å². The maximum absolute atomic E-state index is 12.1. The molecule has 10 heteroatoms. The summed E-state index contributed by atoms with van der Waals surface area (Å²) < 4.78 is 32.9. The van der Waals surface area contributed by atoms with Crippen molar-refractivity contribution in [3.63, 3.8) is 0 Å². The van der Waals surface area contributed by atoms with Gasteiger partial charge in [-0.3, -0.25) is 18.6 Å². The number of phosphoric ester groups is 1. The third-order valence-electron chi connectivity index (χ3n) is 7.94. The number of unbranched alkanes of at least 4 members (excludes halogenated alkanes) is 21. The quantitative estimate of drug-likeness (QED) is 0.0320. The summed E-state index contributed by atoms with van der Waals surface area (Å²) in [6, 6.07) is 0. The van der Waals surface area contributed by atoms with Crippen LogP contribution in [0.1, 0.15) is 162 Å². The van der Waals surface area contributed by atoms with Crippen LogP contribution in [0.5, 0.6) is 0 Å². The van der Waals surface area contributed by atoms with Crippen LogP contribution in [-0.2, 0) is 32.7 Å². The fourth-order valence-corrected chi connectivity index (χ4v) is 5.87. The van der Waals surface area contributed by atoms with Crippen LogP contribution in [0.4, 0.5) is 0 Å². The van der Waals surface area contributed by atoms with E-state index in [9.17, 15) is 19.0 Å². The van der Waals surface area contributed by atoms with Gasteiger partial charge in [0.1, 0.15) is 19.8 Å². The van der Waals surface area contributed by atoms with Crippen molar-refractivity contribution in [2.24, 2.45) is 0 Å². The Balaban J connectivity index is 3.66. The SMILES string of the molecule is CCCCCCCCCCCCCCCCCCCCCCCCC(=O)OC[C@H](COP(=O)(O)OCC[N+](C)(C)C)OC(C)=O. The largest absolute Gasteiger partial charge is 0.472 e. The van der Waals surface area contributed by atoms with Crippen molar-refractivity contribution in [1.29, 1.82) is 0 Å².